The molecule has 1 rings (SSSR count). The van der Waals surface area contributed by atoms with Gasteiger partial charge in [0.15, 0.2) is 0 Å². The Balaban J connectivity index is 2.90. The van der Waals surface area contributed by atoms with E-state index in [0.717, 1.165) is 22.4 Å². The van der Waals surface area contributed by atoms with Crippen molar-refractivity contribution in [3.63, 3.8) is 0 Å². The zero-order chi connectivity index (χ0) is 10.7. The Bertz CT molecular complexity index is 349. The lowest BCUT2D eigenvalue weighted by Crippen LogP contribution is -2.20. The molecule has 0 saturated heterocycles. The van der Waals surface area contributed by atoms with Gasteiger partial charge < -0.3 is 10.6 Å². The predicted octanol–water partition coefficient (Wildman–Crippen LogP) is 2.44. The number of hydrogen-bond donors (Lipinski definition) is 1. The molecule has 0 aliphatic rings. The van der Waals surface area contributed by atoms with Gasteiger partial charge in [0, 0.05) is 13.6 Å². The first-order valence-electron chi connectivity index (χ1n) is 4.27. The average Bonchev–Trinajstić information content (AvgIpc) is 2.01. The van der Waals surface area contributed by atoms with Gasteiger partial charge in [-0.25, -0.2) is 4.98 Å². The van der Waals surface area contributed by atoms with E-state index in [1.807, 2.05) is 24.9 Å². The highest BCUT2D eigenvalue weighted by Crippen LogP contribution is 2.24. The van der Waals surface area contributed by atoms with Crippen LogP contribution in [0.1, 0.15) is 6.92 Å². The van der Waals surface area contributed by atoms with Crippen molar-refractivity contribution in [2.45, 2.75) is 6.92 Å². The standard InChI is InChI=1S/C10H14BrN3/c1-7(2)6-14(3)10-9(11)4-8(12)5-13-10/h4-5H,1,6,12H2,2-3H3. The van der Waals surface area contributed by atoms with Gasteiger partial charge in [0.25, 0.3) is 0 Å². The van der Waals surface area contributed by atoms with Crippen LogP contribution in [0.15, 0.2) is 28.9 Å². The molecule has 0 bridgehead atoms. The lowest BCUT2D eigenvalue weighted by Gasteiger charge is -2.19. The molecule has 1 heterocycles. The summed E-state index contributed by atoms with van der Waals surface area (Å²) in [5.74, 6) is 0.877. The Kier molecular flexibility index (Phi) is 3.52. The summed E-state index contributed by atoms with van der Waals surface area (Å²) in [6.07, 6.45) is 1.65. The van der Waals surface area contributed by atoms with Crippen LogP contribution in [0.25, 0.3) is 0 Å². The summed E-state index contributed by atoms with van der Waals surface area (Å²) in [6, 6.07) is 1.84. The molecule has 0 fully saturated rings. The van der Waals surface area contributed by atoms with E-state index in [-0.39, 0.29) is 0 Å². The third-order valence-electron chi connectivity index (χ3n) is 1.71. The fraction of sp³-hybridized carbons (Fsp3) is 0.300. The quantitative estimate of drug-likeness (QED) is 0.844. The maximum absolute atomic E-state index is 5.60. The molecule has 0 saturated carbocycles. The lowest BCUT2D eigenvalue weighted by molar-refractivity contribution is 0.950. The number of nitrogen functional groups attached to an aromatic ring is 1. The molecule has 0 amide bonds. The number of anilines is 2. The van der Waals surface area contributed by atoms with Crippen molar-refractivity contribution in [3.8, 4) is 0 Å². The van der Waals surface area contributed by atoms with Crippen molar-refractivity contribution in [3.05, 3.63) is 28.9 Å². The van der Waals surface area contributed by atoms with Gasteiger partial charge in [0.1, 0.15) is 5.82 Å². The number of pyridine rings is 1. The van der Waals surface area contributed by atoms with Gasteiger partial charge in [0.2, 0.25) is 0 Å². The van der Waals surface area contributed by atoms with E-state index in [1.165, 1.54) is 0 Å². The van der Waals surface area contributed by atoms with Crippen LogP contribution in [0.4, 0.5) is 11.5 Å². The Morgan fingerprint density at radius 3 is 2.86 bits per heavy atom. The van der Waals surface area contributed by atoms with E-state index in [1.54, 1.807) is 6.20 Å². The van der Waals surface area contributed by atoms with Gasteiger partial charge in [-0.15, -0.1) is 0 Å². The smallest absolute Gasteiger partial charge is 0.143 e. The summed E-state index contributed by atoms with van der Waals surface area (Å²) in [5, 5.41) is 0. The molecule has 3 nitrogen and oxygen atoms in total. The molecule has 0 aliphatic heterocycles. The predicted molar refractivity (Wildman–Crippen MR) is 64.4 cm³/mol. The minimum Gasteiger partial charge on any atom is -0.397 e. The number of likely N-dealkylation sites (N-methyl/N-ethyl adjacent to an activating group) is 1. The van der Waals surface area contributed by atoms with Crippen LogP contribution in [0, 0.1) is 0 Å². The SMILES string of the molecule is C=C(C)CN(C)c1ncc(N)cc1Br. The molecule has 0 unspecified atom stereocenters. The third kappa shape index (κ3) is 2.73. The topological polar surface area (TPSA) is 42.2 Å². The Hall–Kier alpha value is -1.03. The van der Waals surface area contributed by atoms with Crippen LogP contribution < -0.4 is 10.6 Å². The second-order valence-electron chi connectivity index (χ2n) is 3.39. The number of halogens is 1. The first-order chi connectivity index (χ1) is 6.50. The average molecular weight is 256 g/mol. The highest BCUT2D eigenvalue weighted by atomic mass is 79.9. The second kappa shape index (κ2) is 4.46. The van der Waals surface area contributed by atoms with Crippen molar-refractivity contribution in [1.29, 1.82) is 0 Å². The van der Waals surface area contributed by atoms with Crippen LogP contribution in [0.3, 0.4) is 0 Å². The molecule has 0 spiro atoms. The van der Waals surface area contributed by atoms with Gasteiger partial charge in [-0.05, 0) is 28.9 Å². The van der Waals surface area contributed by atoms with Crippen molar-refractivity contribution in [2.24, 2.45) is 0 Å². The molecule has 76 valence electrons. The fourth-order valence-corrected chi connectivity index (χ4v) is 1.88. The van der Waals surface area contributed by atoms with Gasteiger partial charge in [-0.3, -0.25) is 0 Å². The fourth-order valence-electron chi connectivity index (χ4n) is 1.21. The third-order valence-corrected chi connectivity index (χ3v) is 2.30. The van der Waals surface area contributed by atoms with Crippen molar-refractivity contribution in [1.82, 2.24) is 4.98 Å². The summed E-state index contributed by atoms with van der Waals surface area (Å²) >= 11 is 3.42. The molecule has 14 heavy (non-hydrogen) atoms. The minimum absolute atomic E-state index is 0.657. The van der Waals surface area contributed by atoms with Crippen LogP contribution in [0.2, 0.25) is 0 Å². The van der Waals surface area contributed by atoms with Crippen LogP contribution >= 0.6 is 15.9 Å². The molecule has 0 aliphatic carbocycles. The summed E-state index contributed by atoms with van der Waals surface area (Å²) in [5.41, 5.74) is 7.35. The molecule has 0 atom stereocenters. The Morgan fingerprint density at radius 2 is 2.36 bits per heavy atom. The monoisotopic (exact) mass is 255 g/mol. The normalized spacial score (nSPS) is 9.93. The van der Waals surface area contributed by atoms with Gasteiger partial charge >= 0.3 is 0 Å². The first kappa shape index (κ1) is 11.0. The second-order valence-corrected chi connectivity index (χ2v) is 4.24. The zero-order valence-corrected chi connectivity index (χ0v) is 10.0. The Labute approximate surface area is 92.8 Å². The number of nitrogens with two attached hydrogens (primary N) is 1. The Morgan fingerprint density at radius 1 is 1.71 bits per heavy atom. The number of aromatic nitrogens is 1. The lowest BCUT2D eigenvalue weighted by atomic mass is 10.3. The van der Waals surface area contributed by atoms with E-state index in [9.17, 15) is 0 Å². The largest absolute Gasteiger partial charge is 0.397 e. The van der Waals surface area contributed by atoms with Crippen LogP contribution in [-0.2, 0) is 0 Å². The van der Waals surface area contributed by atoms with E-state index in [0.29, 0.717) is 5.69 Å². The van der Waals surface area contributed by atoms with Gasteiger partial charge in [0.05, 0.1) is 16.4 Å². The minimum atomic E-state index is 0.657. The number of rotatable bonds is 3. The molecule has 2 N–H and O–H groups in total. The van der Waals surface area contributed by atoms with Crippen LogP contribution in [0.5, 0.6) is 0 Å². The van der Waals surface area contributed by atoms with Gasteiger partial charge in [-0.1, -0.05) is 12.2 Å². The van der Waals surface area contributed by atoms with E-state index in [4.69, 9.17) is 5.73 Å². The number of hydrogen-bond acceptors (Lipinski definition) is 3. The van der Waals surface area contributed by atoms with Crippen molar-refractivity contribution >= 4 is 27.4 Å². The van der Waals surface area contributed by atoms with Crippen molar-refractivity contribution < 1.29 is 0 Å². The van der Waals surface area contributed by atoms with Crippen molar-refractivity contribution in [2.75, 3.05) is 24.2 Å². The molecule has 1 aromatic rings. The van der Waals surface area contributed by atoms with Crippen LogP contribution in [-0.4, -0.2) is 18.6 Å². The molecular formula is C10H14BrN3. The molecule has 1 aromatic heterocycles. The first-order valence-corrected chi connectivity index (χ1v) is 5.06. The van der Waals surface area contributed by atoms with E-state index in [2.05, 4.69) is 27.5 Å². The molecule has 4 heteroatoms. The highest BCUT2D eigenvalue weighted by Gasteiger charge is 2.07. The summed E-state index contributed by atoms with van der Waals surface area (Å²) in [7, 11) is 1.97. The highest BCUT2D eigenvalue weighted by molar-refractivity contribution is 9.10. The zero-order valence-electron chi connectivity index (χ0n) is 8.42. The maximum atomic E-state index is 5.60. The molecule has 0 aromatic carbocycles. The number of nitrogens with zero attached hydrogens (tertiary/aromatic N) is 2. The summed E-state index contributed by atoms with van der Waals surface area (Å²) < 4.78 is 0.904. The summed E-state index contributed by atoms with van der Waals surface area (Å²) in [6.45, 7) is 6.63. The van der Waals surface area contributed by atoms with Gasteiger partial charge in [-0.2, -0.15) is 0 Å². The molecule has 0 radical (unpaired) electrons. The van der Waals surface area contributed by atoms with E-state index >= 15 is 0 Å². The maximum Gasteiger partial charge on any atom is 0.143 e. The van der Waals surface area contributed by atoms with E-state index < -0.39 is 0 Å². The summed E-state index contributed by atoms with van der Waals surface area (Å²) in [4.78, 5) is 6.26. The molecular weight excluding hydrogens is 242 g/mol.